The van der Waals surface area contributed by atoms with Crippen LogP contribution in [0, 0.1) is 6.92 Å². The van der Waals surface area contributed by atoms with Crippen LogP contribution in [0.15, 0.2) is 34.7 Å². The zero-order valence-corrected chi connectivity index (χ0v) is 11.8. The number of aryl methyl sites for hydroxylation is 1. The molecule has 0 fully saturated rings. The molecule has 0 aliphatic heterocycles. The predicted octanol–water partition coefficient (Wildman–Crippen LogP) is 0.872. The van der Waals surface area contributed by atoms with Crippen LogP contribution in [0.3, 0.4) is 0 Å². The number of hydrogen-bond donors (Lipinski definition) is 2. The van der Waals surface area contributed by atoms with E-state index in [-0.39, 0.29) is 18.5 Å². The van der Waals surface area contributed by atoms with Gasteiger partial charge >= 0.3 is 11.8 Å². The molecule has 1 unspecified atom stereocenters. The Labute approximate surface area is 121 Å². The quantitative estimate of drug-likeness (QED) is 0.814. The minimum absolute atomic E-state index is 0.0206. The van der Waals surface area contributed by atoms with Crippen molar-refractivity contribution < 1.29 is 14.0 Å². The average Bonchev–Trinajstić information content (AvgIpc) is 2.91. The van der Waals surface area contributed by atoms with Crippen molar-refractivity contribution >= 4 is 11.8 Å². The maximum Gasteiger partial charge on any atom is 0.309 e. The number of nitrogens with one attached hydrogen (secondary N) is 2. The van der Waals surface area contributed by atoms with Crippen molar-refractivity contribution in [3.05, 3.63) is 47.7 Å². The summed E-state index contributed by atoms with van der Waals surface area (Å²) in [4.78, 5) is 23.4. The van der Waals surface area contributed by atoms with E-state index >= 15 is 0 Å². The van der Waals surface area contributed by atoms with Gasteiger partial charge in [-0.3, -0.25) is 9.59 Å². The van der Waals surface area contributed by atoms with Gasteiger partial charge in [0.2, 0.25) is 11.8 Å². The van der Waals surface area contributed by atoms with Crippen LogP contribution in [0.4, 0.5) is 0 Å². The molecule has 1 heterocycles. The van der Waals surface area contributed by atoms with Crippen LogP contribution in [0.1, 0.15) is 30.3 Å². The molecule has 0 radical (unpaired) electrons. The second-order valence-corrected chi connectivity index (χ2v) is 4.50. The summed E-state index contributed by atoms with van der Waals surface area (Å²) >= 11 is 0. The number of carbonyl (C=O) groups is 2. The molecule has 1 aromatic heterocycles. The number of benzene rings is 1. The van der Waals surface area contributed by atoms with Gasteiger partial charge in [-0.25, -0.2) is 0 Å². The molecule has 0 aliphatic rings. The molecule has 1 aromatic carbocycles. The van der Waals surface area contributed by atoms with Crippen molar-refractivity contribution in [2.45, 2.75) is 26.4 Å². The van der Waals surface area contributed by atoms with Crippen molar-refractivity contribution in [3.8, 4) is 0 Å². The van der Waals surface area contributed by atoms with Crippen LogP contribution < -0.4 is 10.6 Å². The lowest BCUT2D eigenvalue weighted by molar-refractivity contribution is -0.139. The molecule has 0 saturated heterocycles. The van der Waals surface area contributed by atoms with E-state index in [2.05, 4.69) is 20.8 Å². The van der Waals surface area contributed by atoms with E-state index in [0.29, 0.717) is 5.89 Å². The zero-order valence-electron chi connectivity index (χ0n) is 11.8. The van der Waals surface area contributed by atoms with Gasteiger partial charge in [0.25, 0.3) is 0 Å². The molecule has 2 rings (SSSR count). The average molecular weight is 288 g/mol. The van der Waals surface area contributed by atoms with Crippen LogP contribution in [-0.2, 0) is 16.1 Å². The van der Waals surface area contributed by atoms with Gasteiger partial charge in [0.15, 0.2) is 0 Å². The number of amides is 2. The molecule has 7 nitrogen and oxygen atoms in total. The van der Waals surface area contributed by atoms with Gasteiger partial charge < -0.3 is 15.1 Å². The van der Waals surface area contributed by atoms with Crippen molar-refractivity contribution in [1.82, 2.24) is 20.8 Å². The Kier molecular flexibility index (Phi) is 4.65. The molecule has 0 spiro atoms. The summed E-state index contributed by atoms with van der Waals surface area (Å²) in [5.41, 5.74) is 0.922. The summed E-state index contributed by atoms with van der Waals surface area (Å²) in [6.07, 6.45) is 0. The van der Waals surface area contributed by atoms with Crippen molar-refractivity contribution in [2.75, 3.05) is 0 Å². The molecule has 110 valence electrons. The topological polar surface area (TPSA) is 97.1 Å². The van der Waals surface area contributed by atoms with Gasteiger partial charge in [-0.05, 0) is 12.5 Å². The summed E-state index contributed by atoms with van der Waals surface area (Å²) in [5, 5.41) is 12.4. The van der Waals surface area contributed by atoms with Crippen LogP contribution in [0.25, 0.3) is 0 Å². The fraction of sp³-hybridized carbons (Fsp3) is 0.286. The van der Waals surface area contributed by atoms with Crippen LogP contribution in [0.2, 0.25) is 0 Å². The normalized spacial score (nSPS) is 11.7. The number of hydrogen-bond acceptors (Lipinski definition) is 5. The van der Waals surface area contributed by atoms with E-state index < -0.39 is 11.8 Å². The molecule has 7 heteroatoms. The fourth-order valence-corrected chi connectivity index (χ4v) is 1.73. The zero-order chi connectivity index (χ0) is 15.2. The van der Waals surface area contributed by atoms with E-state index in [9.17, 15) is 9.59 Å². The molecule has 0 aliphatic carbocycles. The minimum Gasteiger partial charge on any atom is -0.424 e. The summed E-state index contributed by atoms with van der Waals surface area (Å²) in [7, 11) is 0. The third kappa shape index (κ3) is 4.13. The first kappa shape index (κ1) is 14.7. The van der Waals surface area contributed by atoms with Crippen molar-refractivity contribution in [2.24, 2.45) is 0 Å². The Morgan fingerprint density at radius 2 is 1.90 bits per heavy atom. The molecule has 2 amide bonds. The second-order valence-electron chi connectivity index (χ2n) is 4.50. The Balaban J connectivity index is 1.84. The number of rotatable bonds is 4. The summed E-state index contributed by atoms with van der Waals surface area (Å²) in [6, 6.07) is 9.13. The SMILES string of the molecule is Cc1nnc(CNC(=O)C(=O)NC(C)c2ccccc2)o1. The second kappa shape index (κ2) is 6.65. The van der Waals surface area contributed by atoms with Crippen LogP contribution in [0.5, 0.6) is 0 Å². The first-order valence-corrected chi connectivity index (χ1v) is 6.49. The highest BCUT2D eigenvalue weighted by Gasteiger charge is 2.17. The highest BCUT2D eigenvalue weighted by atomic mass is 16.4. The standard InChI is InChI=1S/C14H16N4O3/c1-9(11-6-4-3-5-7-11)16-14(20)13(19)15-8-12-18-17-10(2)21-12/h3-7,9H,8H2,1-2H3,(H,15,19)(H,16,20). The summed E-state index contributed by atoms with van der Waals surface area (Å²) < 4.78 is 5.10. The van der Waals surface area contributed by atoms with Gasteiger partial charge in [0, 0.05) is 6.92 Å². The smallest absolute Gasteiger partial charge is 0.309 e. The Hall–Kier alpha value is -2.70. The lowest BCUT2D eigenvalue weighted by Gasteiger charge is -2.13. The van der Waals surface area contributed by atoms with Gasteiger partial charge in [-0.2, -0.15) is 0 Å². The van der Waals surface area contributed by atoms with Gasteiger partial charge in [-0.15, -0.1) is 10.2 Å². The minimum atomic E-state index is -0.742. The molecule has 0 saturated carbocycles. The molecule has 2 aromatic rings. The third-order valence-corrected chi connectivity index (χ3v) is 2.82. The fourth-order valence-electron chi connectivity index (χ4n) is 1.73. The predicted molar refractivity (Wildman–Crippen MR) is 73.9 cm³/mol. The first-order chi connectivity index (χ1) is 10.1. The van der Waals surface area contributed by atoms with Crippen LogP contribution >= 0.6 is 0 Å². The van der Waals surface area contributed by atoms with Gasteiger partial charge in [0.1, 0.15) is 0 Å². The number of carbonyl (C=O) groups excluding carboxylic acids is 2. The number of nitrogens with zero attached hydrogens (tertiary/aromatic N) is 2. The van der Waals surface area contributed by atoms with Gasteiger partial charge in [0.05, 0.1) is 12.6 Å². The molecule has 0 bridgehead atoms. The lowest BCUT2D eigenvalue weighted by Crippen LogP contribution is -2.40. The molecule has 21 heavy (non-hydrogen) atoms. The van der Waals surface area contributed by atoms with E-state index in [1.165, 1.54) is 0 Å². The highest BCUT2D eigenvalue weighted by Crippen LogP contribution is 2.10. The maximum absolute atomic E-state index is 11.8. The molecular formula is C14H16N4O3. The summed E-state index contributed by atoms with van der Waals surface area (Å²) in [5.74, 6) is -0.789. The number of aromatic nitrogens is 2. The molecular weight excluding hydrogens is 272 g/mol. The van der Waals surface area contributed by atoms with E-state index in [4.69, 9.17) is 4.42 Å². The van der Waals surface area contributed by atoms with E-state index in [1.807, 2.05) is 37.3 Å². The lowest BCUT2D eigenvalue weighted by atomic mass is 10.1. The Bertz CT molecular complexity index is 624. The van der Waals surface area contributed by atoms with E-state index in [0.717, 1.165) is 5.56 Å². The maximum atomic E-state index is 11.8. The molecule has 2 N–H and O–H groups in total. The summed E-state index contributed by atoms with van der Waals surface area (Å²) in [6.45, 7) is 3.47. The monoisotopic (exact) mass is 288 g/mol. The highest BCUT2D eigenvalue weighted by molar-refractivity contribution is 6.35. The largest absolute Gasteiger partial charge is 0.424 e. The van der Waals surface area contributed by atoms with Crippen molar-refractivity contribution in [3.63, 3.8) is 0 Å². The molecule has 1 atom stereocenters. The Morgan fingerprint density at radius 1 is 1.19 bits per heavy atom. The third-order valence-electron chi connectivity index (χ3n) is 2.82. The first-order valence-electron chi connectivity index (χ1n) is 6.49. The van der Waals surface area contributed by atoms with Crippen LogP contribution in [-0.4, -0.2) is 22.0 Å². The Morgan fingerprint density at radius 3 is 2.52 bits per heavy atom. The van der Waals surface area contributed by atoms with Crippen molar-refractivity contribution in [1.29, 1.82) is 0 Å². The van der Waals surface area contributed by atoms with Gasteiger partial charge in [-0.1, -0.05) is 30.3 Å². The van der Waals surface area contributed by atoms with E-state index in [1.54, 1.807) is 6.92 Å².